The smallest absolute Gasteiger partial charge is 0.123 e. The van der Waals surface area contributed by atoms with Crippen molar-refractivity contribution in [1.82, 2.24) is 4.90 Å². The highest BCUT2D eigenvalue weighted by Crippen LogP contribution is 2.31. The number of anilines is 1. The van der Waals surface area contributed by atoms with Crippen molar-refractivity contribution in [2.24, 2.45) is 0 Å². The lowest BCUT2D eigenvalue weighted by Crippen LogP contribution is -2.50. The van der Waals surface area contributed by atoms with Crippen molar-refractivity contribution in [2.45, 2.75) is 26.0 Å². The zero-order valence-corrected chi connectivity index (χ0v) is 15.3. The van der Waals surface area contributed by atoms with Gasteiger partial charge in [-0.1, -0.05) is 19.4 Å². The summed E-state index contributed by atoms with van der Waals surface area (Å²) in [6, 6.07) is 8.88. The summed E-state index contributed by atoms with van der Waals surface area (Å²) in [4.78, 5) is 4.99. The fourth-order valence-corrected chi connectivity index (χ4v) is 4.42. The first-order valence-electron chi connectivity index (χ1n) is 7.56. The summed E-state index contributed by atoms with van der Waals surface area (Å²) in [5.74, 6) is 0. The van der Waals surface area contributed by atoms with E-state index in [0.717, 1.165) is 32.6 Å². The van der Waals surface area contributed by atoms with E-state index in [-0.39, 0.29) is 6.23 Å². The van der Waals surface area contributed by atoms with E-state index >= 15 is 0 Å². The van der Waals surface area contributed by atoms with Gasteiger partial charge in [-0.2, -0.15) is 0 Å². The highest BCUT2D eigenvalue weighted by molar-refractivity contribution is 14.1. The molecule has 1 aliphatic heterocycles. The molecule has 1 atom stereocenters. The third kappa shape index (κ3) is 3.36. The second-order valence-electron chi connectivity index (χ2n) is 5.46. The van der Waals surface area contributed by atoms with Crippen molar-refractivity contribution in [3.05, 3.63) is 29.6 Å². The maximum absolute atomic E-state index is 5.61. The number of nitrogens with zero attached hydrogens (tertiary/aromatic N) is 2. The molecule has 0 saturated carbocycles. The Hall–Kier alpha value is -0.370. The van der Waals surface area contributed by atoms with Gasteiger partial charge in [-0.15, -0.1) is 11.3 Å². The summed E-state index contributed by atoms with van der Waals surface area (Å²) in [6.07, 6.45) is 2.56. The summed E-state index contributed by atoms with van der Waals surface area (Å²) >= 11 is 3.87. The molecule has 0 bridgehead atoms. The molecule has 3 rings (SSSR count). The molecule has 1 aromatic heterocycles. The maximum Gasteiger partial charge on any atom is 0.123 e. The van der Waals surface area contributed by atoms with Gasteiger partial charge in [0.1, 0.15) is 29.2 Å². The molecule has 0 radical (unpaired) electrons. The molecule has 1 aromatic carbocycles. The Kier molecular flexibility index (Phi) is 5.37. The van der Waals surface area contributed by atoms with Crippen LogP contribution in [0.1, 0.15) is 19.8 Å². The molecule has 114 valence electrons. The molecule has 0 N–H and O–H groups in total. The van der Waals surface area contributed by atoms with Crippen molar-refractivity contribution < 1.29 is 3.07 Å². The summed E-state index contributed by atoms with van der Waals surface area (Å²) < 4.78 is 6.99. The van der Waals surface area contributed by atoms with Gasteiger partial charge in [0.2, 0.25) is 0 Å². The monoisotopic (exact) mass is 416 g/mol. The number of hydrogen-bond acceptors (Lipinski definition) is 4. The van der Waals surface area contributed by atoms with Crippen molar-refractivity contribution in [3.63, 3.8) is 0 Å². The van der Waals surface area contributed by atoms with Gasteiger partial charge in [0.15, 0.2) is 0 Å². The second kappa shape index (κ2) is 7.26. The number of rotatable bonds is 5. The van der Waals surface area contributed by atoms with Crippen molar-refractivity contribution in [3.8, 4) is 0 Å². The van der Waals surface area contributed by atoms with E-state index in [9.17, 15) is 0 Å². The van der Waals surface area contributed by atoms with Crippen molar-refractivity contribution in [2.75, 3.05) is 31.1 Å². The third-order valence-corrected chi connectivity index (χ3v) is 5.64. The molecule has 21 heavy (non-hydrogen) atoms. The number of piperazine rings is 1. The Morgan fingerprint density at radius 2 is 2.05 bits per heavy atom. The van der Waals surface area contributed by atoms with Crippen LogP contribution in [0.4, 0.5) is 5.69 Å². The van der Waals surface area contributed by atoms with Crippen LogP contribution in [0.15, 0.2) is 29.6 Å². The van der Waals surface area contributed by atoms with Gasteiger partial charge in [0, 0.05) is 42.0 Å². The fraction of sp³-hybridized carbons (Fsp3) is 0.500. The van der Waals surface area contributed by atoms with Crippen molar-refractivity contribution in [1.29, 1.82) is 0 Å². The quantitative estimate of drug-likeness (QED) is 0.667. The molecule has 1 fully saturated rings. The molecule has 0 aliphatic carbocycles. The minimum atomic E-state index is 0.273. The van der Waals surface area contributed by atoms with Crippen LogP contribution in [0.2, 0.25) is 0 Å². The molecular formula is C16H21IN2OS. The lowest BCUT2D eigenvalue weighted by molar-refractivity contribution is 0.0478. The topological polar surface area (TPSA) is 15.7 Å². The Morgan fingerprint density at radius 1 is 1.24 bits per heavy atom. The van der Waals surface area contributed by atoms with Crippen LogP contribution < -0.4 is 4.90 Å². The van der Waals surface area contributed by atoms with Gasteiger partial charge in [0.25, 0.3) is 0 Å². The summed E-state index contributed by atoms with van der Waals surface area (Å²) in [6.45, 7) is 6.53. The lowest BCUT2D eigenvalue weighted by Gasteiger charge is -2.39. The largest absolute Gasteiger partial charge is 0.368 e. The predicted octanol–water partition coefficient (Wildman–Crippen LogP) is 4.52. The average Bonchev–Trinajstić information content (AvgIpc) is 3.01. The number of thiophene rings is 1. The summed E-state index contributed by atoms with van der Waals surface area (Å²) in [5, 5.41) is 3.58. The standard InChI is InChI=1S/C16H21IN2OS/c1-2-4-16(20-17)19-10-8-18(9-11-19)14-5-3-6-15-13(14)7-12-21-15/h3,5-7,12,16H,2,4,8-11H2,1H3. The number of benzene rings is 1. The number of halogens is 1. The van der Waals surface area contributed by atoms with E-state index in [1.807, 2.05) is 34.3 Å². The van der Waals surface area contributed by atoms with Gasteiger partial charge in [-0.3, -0.25) is 7.97 Å². The average molecular weight is 416 g/mol. The molecule has 2 aromatic rings. The molecule has 5 heteroatoms. The third-order valence-electron chi connectivity index (χ3n) is 4.17. The SMILES string of the molecule is CCCC(OI)N1CCN(c2cccc3sccc23)CC1. The fourth-order valence-electron chi connectivity index (χ4n) is 3.04. The Bertz CT molecular complexity index is 580. The number of hydrogen-bond donors (Lipinski definition) is 0. The van der Waals surface area contributed by atoms with E-state index in [4.69, 9.17) is 3.07 Å². The normalized spacial score (nSPS) is 18.3. The molecule has 0 spiro atoms. The van der Waals surface area contributed by atoms with Crippen LogP contribution in [-0.2, 0) is 3.07 Å². The lowest BCUT2D eigenvalue weighted by atomic mass is 10.1. The van der Waals surface area contributed by atoms with Crippen LogP contribution in [-0.4, -0.2) is 37.3 Å². The highest BCUT2D eigenvalue weighted by Gasteiger charge is 2.24. The zero-order chi connectivity index (χ0) is 14.7. The van der Waals surface area contributed by atoms with Crippen LogP contribution in [0.25, 0.3) is 10.1 Å². The van der Waals surface area contributed by atoms with Gasteiger partial charge in [-0.05, 0) is 30.0 Å². The Labute approximate surface area is 144 Å². The van der Waals surface area contributed by atoms with Gasteiger partial charge < -0.3 is 4.90 Å². The maximum atomic E-state index is 5.61. The van der Waals surface area contributed by atoms with Gasteiger partial charge in [0.05, 0.1) is 0 Å². The Morgan fingerprint density at radius 3 is 2.76 bits per heavy atom. The van der Waals surface area contributed by atoms with E-state index in [0.29, 0.717) is 0 Å². The van der Waals surface area contributed by atoms with Crippen molar-refractivity contribution >= 4 is 50.1 Å². The van der Waals surface area contributed by atoms with E-state index in [2.05, 4.69) is 46.4 Å². The first-order chi connectivity index (χ1) is 10.3. The van der Waals surface area contributed by atoms with Gasteiger partial charge >= 0.3 is 0 Å². The Balaban J connectivity index is 1.69. The van der Waals surface area contributed by atoms with E-state index in [1.165, 1.54) is 22.2 Å². The predicted molar refractivity (Wildman–Crippen MR) is 99.4 cm³/mol. The minimum absolute atomic E-state index is 0.273. The molecule has 1 unspecified atom stereocenters. The van der Waals surface area contributed by atoms with Crippen LogP contribution in [0.3, 0.4) is 0 Å². The molecule has 2 heterocycles. The van der Waals surface area contributed by atoms with Crippen LogP contribution in [0, 0.1) is 0 Å². The second-order valence-corrected chi connectivity index (χ2v) is 6.92. The first-order valence-corrected chi connectivity index (χ1v) is 9.32. The zero-order valence-electron chi connectivity index (χ0n) is 12.3. The highest BCUT2D eigenvalue weighted by atomic mass is 127. The van der Waals surface area contributed by atoms with E-state index in [1.54, 1.807) is 0 Å². The first kappa shape index (κ1) is 15.5. The van der Waals surface area contributed by atoms with Gasteiger partial charge in [-0.25, -0.2) is 0 Å². The molecule has 1 aliphatic rings. The summed E-state index contributed by atoms with van der Waals surface area (Å²) in [5.41, 5.74) is 1.39. The molecular weight excluding hydrogens is 395 g/mol. The van der Waals surface area contributed by atoms with Crippen LogP contribution in [0.5, 0.6) is 0 Å². The van der Waals surface area contributed by atoms with E-state index < -0.39 is 0 Å². The van der Waals surface area contributed by atoms with Crippen LogP contribution >= 0.6 is 34.3 Å². The minimum Gasteiger partial charge on any atom is -0.368 e. The molecule has 0 amide bonds. The number of fused-ring (bicyclic) bond motifs is 1. The molecule has 3 nitrogen and oxygen atoms in total. The molecule has 1 saturated heterocycles. The summed E-state index contributed by atoms with van der Waals surface area (Å²) in [7, 11) is 0.